The van der Waals surface area contributed by atoms with Crippen molar-refractivity contribution in [2.24, 2.45) is 0 Å². The number of carbonyl (C=O) groups excluding carboxylic acids is 2. The predicted octanol–water partition coefficient (Wildman–Crippen LogP) is 5.58. The third-order valence-electron chi connectivity index (χ3n) is 5.32. The van der Waals surface area contributed by atoms with Gasteiger partial charge in [0.15, 0.2) is 0 Å². The summed E-state index contributed by atoms with van der Waals surface area (Å²) in [5.74, 6) is -1.61. The second-order valence-electron chi connectivity index (χ2n) is 7.38. The van der Waals surface area contributed by atoms with Gasteiger partial charge in [-0.2, -0.15) is 0 Å². The first-order valence-electron chi connectivity index (χ1n) is 9.57. The Bertz CT molecular complexity index is 1170. The SMILES string of the molecule is Cc1ccc([C@@H]2C(=C(O)c3ccccc3)C(=O)C(=O)N2c2ccc(C)c(Cl)c2)cc1. The van der Waals surface area contributed by atoms with E-state index in [0.29, 0.717) is 16.3 Å². The summed E-state index contributed by atoms with van der Waals surface area (Å²) in [5.41, 5.74) is 3.70. The predicted molar refractivity (Wildman–Crippen MR) is 119 cm³/mol. The summed E-state index contributed by atoms with van der Waals surface area (Å²) < 4.78 is 0. The van der Waals surface area contributed by atoms with E-state index in [1.54, 1.807) is 42.5 Å². The number of hydrogen-bond donors (Lipinski definition) is 1. The van der Waals surface area contributed by atoms with Crippen molar-refractivity contribution in [3.8, 4) is 0 Å². The minimum absolute atomic E-state index is 0.0618. The van der Waals surface area contributed by atoms with Gasteiger partial charge < -0.3 is 5.11 Å². The van der Waals surface area contributed by atoms with Crippen LogP contribution < -0.4 is 4.90 Å². The maximum Gasteiger partial charge on any atom is 0.300 e. The fraction of sp³-hybridized carbons (Fsp3) is 0.120. The number of benzene rings is 3. The zero-order valence-electron chi connectivity index (χ0n) is 16.6. The Labute approximate surface area is 180 Å². The number of aliphatic hydroxyl groups excluding tert-OH is 1. The monoisotopic (exact) mass is 417 g/mol. The first-order chi connectivity index (χ1) is 14.4. The van der Waals surface area contributed by atoms with E-state index in [9.17, 15) is 14.7 Å². The molecule has 150 valence electrons. The smallest absolute Gasteiger partial charge is 0.300 e. The van der Waals surface area contributed by atoms with Crippen LogP contribution in [0.15, 0.2) is 78.4 Å². The normalized spacial score (nSPS) is 18.1. The highest BCUT2D eigenvalue weighted by molar-refractivity contribution is 6.51. The minimum atomic E-state index is -0.760. The molecule has 1 heterocycles. The lowest BCUT2D eigenvalue weighted by Crippen LogP contribution is -2.29. The highest BCUT2D eigenvalue weighted by Gasteiger charge is 2.47. The number of amides is 1. The fourth-order valence-corrected chi connectivity index (χ4v) is 3.82. The van der Waals surface area contributed by atoms with E-state index in [1.165, 1.54) is 4.90 Å². The highest BCUT2D eigenvalue weighted by Crippen LogP contribution is 2.42. The van der Waals surface area contributed by atoms with E-state index in [4.69, 9.17) is 11.6 Å². The third kappa shape index (κ3) is 3.40. The maximum atomic E-state index is 13.1. The van der Waals surface area contributed by atoms with Crippen molar-refractivity contribution in [2.45, 2.75) is 19.9 Å². The molecule has 0 spiro atoms. The van der Waals surface area contributed by atoms with Crippen molar-refractivity contribution in [3.05, 3.63) is 106 Å². The number of nitrogens with zero attached hydrogens (tertiary/aromatic N) is 1. The molecular formula is C25H20ClNO3. The van der Waals surface area contributed by atoms with Crippen LogP contribution in [0.25, 0.3) is 5.76 Å². The third-order valence-corrected chi connectivity index (χ3v) is 5.73. The molecule has 0 bridgehead atoms. The second kappa shape index (κ2) is 7.81. The molecule has 1 N–H and O–H groups in total. The lowest BCUT2D eigenvalue weighted by atomic mass is 9.94. The van der Waals surface area contributed by atoms with E-state index < -0.39 is 17.7 Å². The van der Waals surface area contributed by atoms with Gasteiger partial charge in [0.05, 0.1) is 11.6 Å². The van der Waals surface area contributed by atoms with Crippen LogP contribution in [0.3, 0.4) is 0 Å². The molecule has 0 unspecified atom stereocenters. The molecular weight excluding hydrogens is 398 g/mol. The summed E-state index contributed by atoms with van der Waals surface area (Å²) in [7, 11) is 0. The molecule has 30 heavy (non-hydrogen) atoms. The van der Waals surface area contributed by atoms with Gasteiger partial charge in [0, 0.05) is 16.3 Å². The van der Waals surface area contributed by atoms with Crippen molar-refractivity contribution >= 4 is 34.7 Å². The number of hydrogen-bond acceptors (Lipinski definition) is 3. The zero-order chi connectivity index (χ0) is 21.4. The Hall–Kier alpha value is -3.37. The van der Waals surface area contributed by atoms with Crippen LogP contribution in [0, 0.1) is 13.8 Å². The van der Waals surface area contributed by atoms with Gasteiger partial charge in [-0.05, 0) is 37.1 Å². The van der Waals surface area contributed by atoms with Crippen molar-refractivity contribution < 1.29 is 14.7 Å². The van der Waals surface area contributed by atoms with Crippen LogP contribution in [-0.2, 0) is 9.59 Å². The number of halogens is 1. The fourth-order valence-electron chi connectivity index (χ4n) is 3.65. The van der Waals surface area contributed by atoms with Gasteiger partial charge in [0.2, 0.25) is 0 Å². The van der Waals surface area contributed by atoms with Gasteiger partial charge in [0.25, 0.3) is 11.7 Å². The molecule has 3 aromatic rings. The molecule has 4 rings (SSSR count). The molecule has 1 atom stereocenters. The molecule has 5 heteroatoms. The molecule has 1 amide bonds. The molecule has 0 aromatic heterocycles. The lowest BCUT2D eigenvalue weighted by Gasteiger charge is -2.26. The molecule has 4 nitrogen and oxygen atoms in total. The number of ketones is 1. The summed E-state index contributed by atoms with van der Waals surface area (Å²) in [4.78, 5) is 27.6. The average molecular weight is 418 g/mol. The average Bonchev–Trinajstić information content (AvgIpc) is 3.01. The molecule has 3 aromatic carbocycles. The molecule has 1 saturated heterocycles. The molecule has 0 radical (unpaired) electrons. The summed E-state index contributed by atoms with van der Waals surface area (Å²) in [6, 6.07) is 20.8. The second-order valence-corrected chi connectivity index (χ2v) is 7.79. The summed E-state index contributed by atoms with van der Waals surface area (Å²) in [5, 5.41) is 11.5. The minimum Gasteiger partial charge on any atom is -0.507 e. The van der Waals surface area contributed by atoms with Gasteiger partial charge in [0.1, 0.15) is 5.76 Å². The van der Waals surface area contributed by atoms with Crippen LogP contribution >= 0.6 is 11.6 Å². The van der Waals surface area contributed by atoms with Crippen LogP contribution in [0.1, 0.15) is 28.3 Å². The van der Waals surface area contributed by atoms with Gasteiger partial charge in [-0.3, -0.25) is 14.5 Å². The zero-order valence-corrected chi connectivity index (χ0v) is 17.4. The Morgan fingerprint density at radius 2 is 1.60 bits per heavy atom. The lowest BCUT2D eigenvalue weighted by molar-refractivity contribution is -0.132. The molecule has 1 fully saturated rings. The Balaban J connectivity index is 1.95. The number of rotatable bonds is 3. The van der Waals surface area contributed by atoms with E-state index in [-0.39, 0.29) is 11.3 Å². The van der Waals surface area contributed by atoms with Gasteiger partial charge in [-0.15, -0.1) is 0 Å². The number of aliphatic hydroxyl groups is 1. The maximum absolute atomic E-state index is 13.1. The standard InChI is InChI=1S/C25H20ClNO3/c1-15-8-11-17(12-9-15)22-21(23(28)18-6-4-3-5-7-18)24(29)25(30)27(22)19-13-10-16(2)20(26)14-19/h3-14,22,28H,1-2H3/t22-/m1/s1. The topological polar surface area (TPSA) is 57.6 Å². The molecule has 0 aliphatic carbocycles. The summed E-state index contributed by atoms with van der Waals surface area (Å²) in [6.45, 7) is 3.83. The summed E-state index contributed by atoms with van der Waals surface area (Å²) in [6.07, 6.45) is 0. The van der Waals surface area contributed by atoms with Gasteiger partial charge >= 0.3 is 0 Å². The molecule has 0 saturated carbocycles. The van der Waals surface area contributed by atoms with Crippen LogP contribution in [0.2, 0.25) is 5.02 Å². The molecule has 1 aliphatic rings. The van der Waals surface area contributed by atoms with Gasteiger partial charge in [-0.1, -0.05) is 77.8 Å². The first-order valence-corrected chi connectivity index (χ1v) is 9.95. The Morgan fingerprint density at radius 3 is 2.23 bits per heavy atom. The highest BCUT2D eigenvalue weighted by atomic mass is 35.5. The van der Waals surface area contributed by atoms with Crippen molar-refractivity contribution in [1.82, 2.24) is 0 Å². The van der Waals surface area contributed by atoms with Crippen LogP contribution in [0.5, 0.6) is 0 Å². The van der Waals surface area contributed by atoms with Crippen LogP contribution in [-0.4, -0.2) is 16.8 Å². The summed E-state index contributed by atoms with van der Waals surface area (Å²) >= 11 is 6.30. The van der Waals surface area contributed by atoms with E-state index in [1.807, 2.05) is 44.2 Å². The van der Waals surface area contributed by atoms with Crippen LogP contribution in [0.4, 0.5) is 5.69 Å². The van der Waals surface area contributed by atoms with Crippen molar-refractivity contribution in [2.75, 3.05) is 4.90 Å². The van der Waals surface area contributed by atoms with Crippen molar-refractivity contribution in [3.63, 3.8) is 0 Å². The van der Waals surface area contributed by atoms with Gasteiger partial charge in [-0.25, -0.2) is 0 Å². The van der Waals surface area contributed by atoms with E-state index in [2.05, 4.69) is 0 Å². The Morgan fingerprint density at radius 1 is 0.933 bits per heavy atom. The Kier molecular flexibility index (Phi) is 5.18. The van der Waals surface area contributed by atoms with E-state index in [0.717, 1.165) is 16.7 Å². The largest absolute Gasteiger partial charge is 0.507 e. The number of carbonyl (C=O) groups is 2. The quantitative estimate of drug-likeness (QED) is 0.343. The number of aryl methyl sites for hydroxylation is 2. The first kappa shape index (κ1) is 19.9. The number of anilines is 1. The van der Waals surface area contributed by atoms with Crippen molar-refractivity contribution in [1.29, 1.82) is 0 Å². The number of Topliss-reactive ketones (excluding diaryl/α,β-unsaturated/α-hetero) is 1. The molecule has 1 aliphatic heterocycles. The van der Waals surface area contributed by atoms with E-state index >= 15 is 0 Å².